The molecule has 1 atom stereocenters. The predicted molar refractivity (Wildman–Crippen MR) is 95.9 cm³/mol. The van der Waals surface area contributed by atoms with Gasteiger partial charge in [0.2, 0.25) is 5.91 Å². The van der Waals surface area contributed by atoms with Crippen LogP contribution in [0.15, 0.2) is 10.6 Å². The van der Waals surface area contributed by atoms with E-state index in [0.717, 1.165) is 18.6 Å². The Labute approximate surface area is 153 Å². The number of amides is 3. The van der Waals surface area contributed by atoms with Crippen molar-refractivity contribution in [3.05, 3.63) is 11.8 Å². The molecule has 0 spiro atoms. The number of aromatic nitrogens is 1. The number of likely N-dealkylation sites (tertiary alicyclic amines) is 1. The fraction of sp³-hybridized carbons (Fsp3) is 0.722. The van der Waals surface area contributed by atoms with E-state index in [0.29, 0.717) is 45.2 Å². The van der Waals surface area contributed by atoms with Crippen molar-refractivity contribution in [3.8, 4) is 0 Å². The summed E-state index contributed by atoms with van der Waals surface area (Å²) in [6.45, 7) is 9.57. The molecule has 2 aliphatic heterocycles. The van der Waals surface area contributed by atoms with Crippen LogP contribution in [0.1, 0.15) is 39.4 Å². The first-order valence-corrected chi connectivity index (χ1v) is 9.24. The molecule has 0 aromatic carbocycles. The molecule has 0 radical (unpaired) electrons. The number of urea groups is 1. The second kappa shape index (κ2) is 7.65. The lowest BCUT2D eigenvalue weighted by Crippen LogP contribution is -2.52. The zero-order valence-corrected chi connectivity index (χ0v) is 15.8. The van der Waals surface area contributed by atoms with Gasteiger partial charge in [-0.25, -0.2) is 4.79 Å². The second-order valence-electron chi connectivity index (χ2n) is 7.98. The SMILES string of the molecule is CC(C)(C)c1cc(NC(=O)C2CCCN(C(=O)N3CCOCC3)C2)no1. The lowest BCUT2D eigenvalue weighted by molar-refractivity contribution is -0.121. The first-order valence-electron chi connectivity index (χ1n) is 9.24. The van der Waals surface area contributed by atoms with Crippen LogP contribution in [-0.4, -0.2) is 66.3 Å². The highest BCUT2D eigenvalue weighted by atomic mass is 16.5. The molecule has 8 heteroatoms. The van der Waals surface area contributed by atoms with E-state index in [4.69, 9.17) is 9.26 Å². The standard InChI is InChI=1S/C18H28N4O4/c1-18(2,3)14-11-15(20-26-14)19-16(23)13-5-4-6-22(12-13)17(24)21-7-9-25-10-8-21/h11,13H,4-10,12H2,1-3H3,(H,19,20,23). The van der Waals surface area contributed by atoms with Crippen molar-refractivity contribution in [2.75, 3.05) is 44.7 Å². The van der Waals surface area contributed by atoms with Crippen LogP contribution in [0.2, 0.25) is 0 Å². The monoisotopic (exact) mass is 364 g/mol. The third-order valence-electron chi connectivity index (χ3n) is 4.84. The largest absolute Gasteiger partial charge is 0.378 e. The molecule has 3 amide bonds. The van der Waals surface area contributed by atoms with E-state index in [1.54, 1.807) is 15.9 Å². The van der Waals surface area contributed by atoms with E-state index in [-0.39, 0.29) is 23.3 Å². The van der Waals surface area contributed by atoms with Crippen molar-refractivity contribution < 1.29 is 18.8 Å². The van der Waals surface area contributed by atoms with Gasteiger partial charge in [-0.05, 0) is 12.8 Å². The highest BCUT2D eigenvalue weighted by Gasteiger charge is 2.31. The number of ether oxygens (including phenoxy) is 1. The molecule has 1 N–H and O–H groups in total. The van der Waals surface area contributed by atoms with Crippen molar-refractivity contribution >= 4 is 17.8 Å². The van der Waals surface area contributed by atoms with E-state index in [1.807, 2.05) is 20.8 Å². The molecule has 1 unspecified atom stereocenters. The van der Waals surface area contributed by atoms with Crippen LogP contribution in [0.4, 0.5) is 10.6 Å². The molecule has 2 aliphatic rings. The average Bonchev–Trinajstić information content (AvgIpc) is 3.11. The highest BCUT2D eigenvalue weighted by Crippen LogP contribution is 2.25. The summed E-state index contributed by atoms with van der Waals surface area (Å²) in [5.74, 6) is 0.805. The summed E-state index contributed by atoms with van der Waals surface area (Å²) in [6.07, 6.45) is 1.59. The number of hydrogen-bond donors (Lipinski definition) is 1. The zero-order chi connectivity index (χ0) is 18.7. The van der Waals surface area contributed by atoms with Crippen molar-refractivity contribution in [1.29, 1.82) is 0 Å². The van der Waals surface area contributed by atoms with Crippen molar-refractivity contribution in [2.24, 2.45) is 5.92 Å². The summed E-state index contributed by atoms with van der Waals surface area (Å²) < 4.78 is 10.6. The van der Waals surface area contributed by atoms with Crippen LogP contribution >= 0.6 is 0 Å². The number of nitrogens with one attached hydrogen (secondary N) is 1. The molecular formula is C18H28N4O4. The van der Waals surface area contributed by atoms with Crippen LogP contribution in [0, 0.1) is 5.92 Å². The average molecular weight is 364 g/mol. The number of anilines is 1. The van der Waals surface area contributed by atoms with Crippen LogP contribution in [0.3, 0.4) is 0 Å². The summed E-state index contributed by atoms with van der Waals surface area (Å²) in [5.41, 5.74) is -0.164. The van der Waals surface area contributed by atoms with Crippen molar-refractivity contribution in [2.45, 2.75) is 39.0 Å². The van der Waals surface area contributed by atoms with E-state index in [9.17, 15) is 9.59 Å². The van der Waals surface area contributed by atoms with Gasteiger partial charge in [0.25, 0.3) is 0 Å². The fourth-order valence-corrected chi connectivity index (χ4v) is 3.24. The molecule has 1 aromatic rings. The fourth-order valence-electron chi connectivity index (χ4n) is 3.24. The van der Waals surface area contributed by atoms with Crippen LogP contribution in [0.25, 0.3) is 0 Å². The minimum Gasteiger partial charge on any atom is -0.378 e. The van der Waals surface area contributed by atoms with Gasteiger partial charge in [-0.1, -0.05) is 25.9 Å². The van der Waals surface area contributed by atoms with E-state index >= 15 is 0 Å². The molecule has 2 saturated heterocycles. The maximum atomic E-state index is 12.6. The zero-order valence-electron chi connectivity index (χ0n) is 15.8. The van der Waals surface area contributed by atoms with Crippen LogP contribution in [-0.2, 0) is 14.9 Å². The molecule has 8 nitrogen and oxygen atoms in total. The molecule has 0 saturated carbocycles. The number of rotatable bonds is 2. The van der Waals surface area contributed by atoms with Crippen molar-refractivity contribution in [3.63, 3.8) is 0 Å². The van der Waals surface area contributed by atoms with Gasteiger partial charge in [0, 0.05) is 37.7 Å². The summed E-state index contributed by atoms with van der Waals surface area (Å²) in [6, 6.07) is 1.76. The smallest absolute Gasteiger partial charge is 0.320 e. The topological polar surface area (TPSA) is 87.9 Å². The predicted octanol–water partition coefficient (Wildman–Crippen LogP) is 2.07. The number of nitrogens with zero attached hydrogens (tertiary/aromatic N) is 3. The van der Waals surface area contributed by atoms with Crippen molar-refractivity contribution in [1.82, 2.24) is 15.0 Å². The molecule has 144 valence electrons. The van der Waals surface area contributed by atoms with Gasteiger partial charge in [-0.15, -0.1) is 0 Å². The number of piperidine rings is 1. The Kier molecular flexibility index (Phi) is 5.50. The molecule has 3 heterocycles. The maximum Gasteiger partial charge on any atom is 0.320 e. The van der Waals surface area contributed by atoms with Gasteiger partial charge in [0.1, 0.15) is 5.76 Å². The molecule has 2 fully saturated rings. The summed E-state index contributed by atoms with van der Waals surface area (Å²) >= 11 is 0. The first-order chi connectivity index (χ1) is 12.3. The summed E-state index contributed by atoms with van der Waals surface area (Å²) in [4.78, 5) is 28.8. The van der Waals surface area contributed by atoms with Gasteiger partial charge in [0.15, 0.2) is 5.82 Å². The number of carbonyl (C=O) groups excluding carboxylic acids is 2. The number of carbonyl (C=O) groups is 2. The number of hydrogen-bond acceptors (Lipinski definition) is 5. The summed E-state index contributed by atoms with van der Waals surface area (Å²) in [7, 11) is 0. The maximum absolute atomic E-state index is 12.6. The molecule has 0 bridgehead atoms. The van der Waals surface area contributed by atoms with Crippen LogP contribution in [0.5, 0.6) is 0 Å². The first kappa shape index (κ1) is 18.7. The van der Waals surface area contributed by atoms with E-state index in [1.165, 1.54) is 0 Å². The van der Waals surface area contributed by atoms with Crippen LogP contribution < -0.4 is 5.32 Å². The van der Waals surface area contributed by atoms with Gasteiger partial charge in [0.05, 0.1) is 19.1 Å². The minimum absolute atomic E-state index is 0.00209. The Bertz CT molecular complexity index is 646. The van der Waals surface area contributed by atoms with Gasteiger partial charge in [-0.3, -0.25) is 4.79 Å². The molecule has 26 heavy (non-hydrogen) atoms. The highest BCUT2D eigenvalue weighted by molar-refractivity contribution is 5.92. The Morgan fingerprint density at radius 1 is 1.19 bits per heavy atom. The third kappa shape index (κ3) is 4.35. The normalized spacial score (nSPS) is 21.6. The molecular weight excluding hydrogens is 336 g/mol. The molecule has 0 aliphatic carbocycles. The Hall–Kier alpha value is -2.09. The van der Waals surface area contributed by atoms with Gasteiger partial charge in [-0.2, -0.15) is 0 Å². The molecule has 3 rings (SSSR count). The molecule has 1 aromatic heterocycles. The Morgan fingerprint density at radius 3 is 2.58 bits per heavy atom. The lowest BCUT2D eigenvalue weighted by Gasteiger charge is -2.37. The number of morpholine rings is 1. The Balaban J connectivity index is 1.57. The van der Waals surface area contributed by atoms with E-state index in [2.05, 4.69) is 10.5 Å². The lowest BCUT2D eigenvalue weighted by atomic mass is 9.93. The van der Waals surface area contributed by atoms with Gasteiger partial charge < -0.3 is 24.4 Å². The minimum atomic E-state index is -0.233. The quantitative estimate of drug-likeness (QED) is 0.868. The second-order valence-corrected chi connectivity index (χ2v) is 7.98. The van der Waals surface area contributed by atoms with E-state index < -0.39 is 0 Å². The third-order valence-corrected chi connectivity index (χ3v) is 4.84. The van der Waals surface area contributed by atoms with Gasteiger partial charge >= 0.3 is 6.03 Å². The Morgan fingerprint density at radius 2 is 1.92 bits per heavy atom. The summed E-state index contributed by atoms with van der Waals surface area (Å²) in [5, 5.41) is 6.76.